The number of para-hydroxylation sites is 1. The first-order valence-corrected chi connectivity index (χ1v) is 12.5. The Hall–Kier alpha value is -3.42. The van der Waals surface area contributed by atoms with E-state index in [2.05, 4.69) is 0 Å². The van der Waals surface area contributed by atoms with Gasteiger partial charge in [-0.05, 0) is 42.0 Å². The van der Waals surface area contributed by atoms with E-state index in [1.165, 1.54) is 0 Å². The lowest BCUT2D eigenvalue weighted by Gasteiger charge is -2.24. The smallest absolute Gasteiger partial charge is 0.234 e. The van der Waals surface area contributed by atoms with Gasteiger partial charge in [0.2, 0.25) is 5.91 Å². The Morgan fingerprint density at radius 2 is 1.74 bits per heavy atom. The Kier molecular flexibility index (Phi) is 6.70. The molecule has 1 aromatic heterocycles. The van der Waals surface area contributed by atoms with Crippen LogP contribution >= 0.6 is 23.4 Å². The summed E-state index contributed by atoms with van der Waals surface area (Å²) in [5.74, 6) is 1.74. The molecule has 0 bridgehead atoms. The van der Waals surface area contributed by atoms with Gasteiger partial charge < -0.3 is 14.4 Å². The number of nitrogens with zero attached hydrogens (tertiary/aromatic N) is 3. The van der Waals surface area contributed by atoms with Crippen LogP contribution in [0.3, 0.4) is 0 Å². The van der Waals surface area contributed by atoms with Gasteiger partial charge in [-0.3, -0.25) is 4.79 Å². The number of thioether (sulfide) groups is 1. The molecule has 0 N–H and O–H groups in total. The lowest BCUT2D eigenvalue weighted by Crippen LogP contribution is -2.27. The summed E-state index contributed by atoms with van der Waals surface area (Å²) in [4.78, 5) is 14.9. The standard InChI is InChI=1S/C27H24ClN3O3S/c1-33-23-13-12-18(14-24(23)34-2)26-21(16-31(29-26)20-9-4-3-5-10-20)27-30(25(32)17-35-27)15-19-8-6-7-11-22(19)28/h3-14,16,27H,15,17H2,1-2H3/t27-/m0/s1. The van der Waals surface area contributed by atoms with Crippen molar-refractivity contribution in [3.8, 4) is 28.4 Å². The molecule has 6 nitrogen and oxygen atoms in total. The van der Waals surface area contributed by atoms with Gasteiger partial charge in [0, 0.05) is 28.9 Å². The molecule has 0 aliphatic carbocycles. The summed E-state index contributed by atoms with van der Waals surface area (Å²) in [6.45, 7) is 0.429. The first kappa shape index (κ1) is 23.3. The molecule has 1 atom stereocenters. The van der Waals surface area contributed by atoms with E-state index in [9.17, 15) is 4.79 Å². The summed E-state index contributed by atoms with van der Waals surface area (Å²) >= 11 is 8.03. The van der Waals surface area contributed by atoms with E-state index in [-0.39, 0.29) is 11.3 Å². The number of halogens is 1. The largest absolute Gasteiger partial charge is 0.493 e. The highest BCUT2D eigenvalue weighted by molar-refractivity contribution is 8.00. The molecular weight excluding hydrogens is 482 g/mol. The Bertz CT molecular complexity index is 1360. The summed E-state index contributed by atoms with van der Waals surface area (Å²) in [5.41, 5.74) is 4.46. The van der Waals surface area contributed by atoms with Crippen LogP contribution in [-0.4, -0.2) is 40.6 Å². The highest BCUT2D eigenvalue weighted by Crippen LogP contribution is 2.44. The van der Waals surface area contributed by atoms with E-state index in [0.29, 0.717) is 28.8 Å². The van der Waals surface area contributed by atoms with E-state index in [1.807, 2.05) is 88.6 Å². The molecule has 1 amide bonds. The molecule has 0 radical (unpaired) electrons. The molecule has 3 aromatic carbocycles. The van der Waals surface area contributed by atoms with Gasteiger partial charge >= 0.3 is 0 Å². The van der Waals surface area contributed by atoms with Crippen LogP contribution < -0.4 is 9.47 Å². The van der Waals surface area contributed by atoms with E-state index < -0.39 is 0 Å². The molecule has 0 saturated carbocycles. The molecule has 0 spiro atoms. The maximum atomic E-state index is 13.0. The van der Waals surface area contributed by atoms with Gasteiger partial charge in [0.05, 0.1) is 31.4 Å². The molecule has 1 fully saturated rings. The number of carbonyl (C=O) groups excluding carboxylic acids is 1. The van der Waals surface area contributed by atoms with Crippen LogP contribution in [0, 0.1) is 0 Å². The SMILES string of the molecule is COc1ccc(-c2nn(-c3ccccc3)cc2[C@@H]2SCC(=O)N2Cc2ccccc2Cl)cc1OC. The fourth-order valence-corrected chi connectivity index (χ4v) is 5.57. The molecule has 35 heavy (non-hydrogen) atoms. The van der Waals surface area contributed by atoms with Crippen molar-refractivity contribution in [1.82, 2.24) is 14.7 Å². The Balaban J connectivity index is 1.61. The van der Waals surface area contributed by atoms with Crippen molar-refractivity contribution in [2.75, 3.05) is 20.0 Å². The number of hydrogen-bond acceptors (Lipinski definition) is 5. The molecule has 0 unspecified atom stereocenters. The summed E-state index contributed by atoms with van der Waals surface area (Å²) in [6.07, 6.45) is 2.01. The highest BCUT2D eigenvalue weighted by Gasteiger charge is 2.36. The molecule has 178 valence electrons. The highest BCUT2D eigenvalue weighted by atomic mass is 35.5. The average molecular weight is 506 g/mol. The van der Waals surface area contributed by atoms with Crippen molar-refractivity contribution in [1.29, 1.82) is 0 Å². The number of ether oxygens (including phenoxy) is 2. The Labute approximate surface area is 213 Å². The minimum absolute atomic E-state index is 0.0747. The lowest BCUT2D eigenvalue weighted by molar-refractivity contribution is -0.128. The number of methoxy groups -OCH3 is 2. The van der Waals surface area contributed by atoms with Crippen molar-refractivity contribution >= 4 is 29.3 Å². The van der Waals surface area contributed by atoms with Crippen LogP contribution in [-0.2, 0) is 11.3 Å². The molecule has 4 aromatic rings. The average Bonchev–Trinajstić information content (AvgIpc) is 3.49. The zero-order valence-electron chi connectivity index (χ0n) is 19.3. The molecule has 1 aliphatic rings. The molecular formula is C27H24ClN3O3S. The Morgan fingerprint density at radius 3 is 2.49 bits per heavy atom. The third-order valence-corrected chi connectivity index (χ3v) is 7.56. The van der Waals surface area contributed by atoms with Gasteiger partial charge in [-0.2, -0.15) is 5.10 Å². The normalized spacial score (nSPS) is 15.5. The number of rotatable bonds is 7. The topological polar surface area (TPSA) is 56.6 Å². The van der Waals surface area contributed by atoms with Gasteiger partial charge in [-0.15, -0.1) is 11.8 Å². The maximum Gasteiger partial charge on any atom is 0.234 e. The minimum Gasteiger partial charge on any atom is -0.493 e. The predicted octanol–water partition coefficient (Wildman–Crippen LogP) is 5.98. The van der Waals surface area contributed by atoms with E-state index >= 15 is 0 Å². The second-order valence-corrected chi connectivity index (χ2v) is 9.54. The van der Waals surface area contributed by atoms with Crippen LogP contribution in [0.25, 0.3) is 16.9 Å². The van der Waals surface area contributed by atoms with Crippen LogP contribution in [0.15, 0.2) is 79.0 Å². The fraction of sp³-hybridized carbons (Fsp3) is 0.185. The molecule has 2 heterocycles. The number of benzene rings is 3. The summed E-state index contributed by atoms with van der Waals surface area (Å²) in [6, 6.07) is 23.3. The Morgan fingerprint density at radius 1 is 1.00 bits per heavy atom. The van der Waals surface area contributed by atoms with Crippen molar-refractivity contribution in [2.45, 2.75) is 11.9 Å². The second kappa shape index (κ2) is 10.1. The van der Waals surface area contributed by atoms with Crippen LogP contribution in [0.5, 0.6) is 11.5 Å². The third-order valence-electron chi connectivity index (χ3n) is 5.95. The molecule has 1 aliphatic heterocycles. The van der Waals surface area contributed by atoms with E-state index in [4.69, 9.17) is 26.2 Å². The second-order valence-electron chi connectivity index (χ2n) is 8.06. The fourth-order valence-electron chi connectivity index (χ4n) is 4.18. The first-order chi connectivity index (χ1) is 17.1. The lowest BCUT2D eigenvalue weighted by atomic mass is 10.1. The van der Waals surface area contributed by atoms with Gasteiger partial charge in [0.15, 0.2) is 11.5 Å². The molecule has 5 rings (SSSR count). The zero-order valence-corrected chi connectivity index (χ0v) is 20.9. The molecule has 1 saturated heterocycles. The minimum atomic E-state index is -0.209. The number of carbonyl (C=O) groups is 1. The quantitative estimate of drug-likeness (QED) is 0.309. The first-order valence-electron chi connectivity index (χ1n) is 11.1. The molecule has 8 heteroatoms. The monoisotopic (exact) mass is 505 g/mol. The predicted molar refractivity (Wildman–Crippen MR) is 139 cm³/mol. The van der Waals surface area contributed by atoms with Crippen LogP contribution in [0.2, 0.25) is 5.02 Å². The number of amides is 1. The van der Waals surface area contributed by atoms with E-state index in [0.717, 1.165) is 28.1 Å². The summed E-state index contributed by atoms with van der Waals surface area (Å²) < 4.78 is 12.8. The van der Waals surface area contributed by atoms with Crippen molar-refractivity contribution in [3.63, 3.8) is 0 Å². The number of aromatic nitrogens is 2. The zero-order chi connectivity index (χ0) is 24.4. The van der Waals surface area contributed by atoms with Crippen molar-refractivity contribution < 1.29 is 14.3 Å². The summed E-state index contributed by atoms with van der Waals surface area (Å²) in [7, 11) is 3.22. The number of hydrogen-bond donors (Lipinski definition) is 0. The van der Waals surface area contributed by atoms with Gasteiger partial charge in [-0.25, -0.2) is 4.68 Å². The maximum absolute atomic E-state index is 13.0. The van der Waals surface area contributed by atoms with Crippen LogP contribution in [0.1, 0.15) is 16.5 Å². The van der Waals surface area contributed by atoms with Gasteiger partial charge in [0.25, 0.3) is 0 Å². The van der Waals surface area contributed by atoms with Crippen molar-refractivity contribution in [2.24, 2.45) is 0 Å². The van der Waals surface area contributed by atoms with E-state index in [1.54, 1.807) is 26.0 Å². The van der Waals surface area contributed by atoms with Crippen molar-refractivity contribution in [3.05, 3.63) is 95.1 Å². The van der Waals surface area contributed by atoms with Gasteiger partial charge in [0.1, 0.15) is 5.37 Å². The third kappa shape index (κ3) is 4.61. The van der Waals surface area contributed by atoms with Crippen LogP contribution in [0.4, 0.5) is 0 Å². The van der Waals surface area contributed by atoms with Gasteiger partial charge in [-0.1, -0.05) is 48.0 Å². The summed E-state index contributed by atoms with van der Waals surface area (Å²) in [5, 5.41) is 5.39.